The van der Waals surface area contributed by atoms with E-state index in [1.165, 1.54) is 31.5 Å². The van der Waals surface area contributed by atoms with Crippen LogP contribution in [0, 0.1) is 0 Å². The summed E-state index contributed by atoms with van der Waals surface area (Å²) in [5, 5.41) is 9.10. The zero-order valence-electron chi connectivity index (χ0n) is 12.4. The minimum absolute atomic E-state index is 0.173. The quantitative estimate of drug-likeness (QED) is 0.739. The van der Waals surface area contributed by atoms with Crippen molar-refractivity contribution in [3.05, 3.63) is 18.0 Å². The Kier molecular flexibility index (Phi) is 5.80. The van der Waals surface area contributed by atoms with Crippen LogP contribution in [0.4, 0.5) is 0 Å². The first-order valence-corrected chi connectivity index (χ1v) is 8.88. The Balaban J connectivity index is 1.80. The van der Waals surface area contributed by atoms with E-state index in [1.807, 2.05) is 0 Å². The third-order valence-corrected chi connectivity index (χ3v) is 5.28. The maximum atomic E-state index is 12.1. The second kappa shape index (κ2) is 7.40. The minimum atomic E-state index is -3.54. The molecule has 1 aromatic rings. The lowest BCUT2D eigenvalue weighted by Crippen LogP contribution is -2.29. The van der Waals surface area contributed by atoms with E-state index in [4.69, 9.17) is 9.84 Å². The predicted octanol–water partition coefficient (Wildman–Crippen LogP) is 1.14. The van der Waals surface area contributed by atoms with Gasteiger partial charge in [-0.15, -0.1) is 0 Å². The average molecular weight is 316 g/mol. The highest BCUT2D eigenvalue weighted by atomic mass is 32.2. The van der Waals surface area contributed by atoms with Gasteiger partial charge < -0.3 is 14.4 Å². The molecule has 0 aliphatic heterocycles. The molecule has 0 spiro atoms. The number of nitrogens with zero attached hydrogens (tertiary/aromatic N) is 1. The van der Waals surface area contributed by atoms with Crippen LogP contribution in [-0.4, -0.2) is 37.3 Å². The Bertz CT molecular complexity index is 547. The van der Waals surface area contributed by atoms with E-state index in [9.17, 15) is 8.42 Å². The summed E-state index contributed by atoms with van der Waals surface area (Å²) in [6.45, 7) is 0.475. The highest BCUT2D eigenvalue weighted by Crippen LogP contribution is 2.20. The molecule has 21 heavy (non-hydrogen) atoms. The van der Waals surface area contributed by atoms with Crippen LogP contribution in [0.3, 0.4) is 0 Å². The Labute approximate surface area is 126 Å². The molecule has 120 valence electrons. The summed E-state index contributed by atoms with van der Waals surface area (Å²) < 4.78 is 34.0. The molecule has 1 saturated carbocycles. The van der Waals surface area contributed by atoms with Gasteiger partial charge in [-0.3, -0.25) is 0 Å². The predicted molar refractivity (Wildman–Crippen MR) is 79.3 cm³/mol. The summed E-state index contributed by atoms with van der Waals surface area (Å²) in [6, 6.07) is 1.48. The molecule has 2 N–H and O–H groups in total. The lowest BCUT2D eigenvalue weighted by atomic mass is 9.98. The van der Waals surface area contributed by atoms with Gasteiger partial charge in [0.15, 0.2) is 0 Å². The van der Waals surface area contributed by atoms with Crippen LogP contribution in [0.5, 0.6) is 0 Å². The van der Waals surface area contributed by atoms with Gasteiger partial charge >= 0.3 is 0 Å². The van der Waals surface area contributed by atoms with Gasteiger partial charge in [0.1, 0.15) is 0 Å². The molecule has 0 unspecified atom stereocenters. The number of aromatic nitrogens is 1. The van der Waals surface area contributed by atoms with Crippen LogP contribution in [0.2, 0.25) is 0 Å². The Hall–Kier alpha value is -0.890. The van der Waals surface area contributed by atoms with Gasteiger partial charge in [0, 0.05) is 25.5 Å². The molecule has 1 aromatic heterocycles. The third kappa shape index (κ3) is 4.54. The number of nitrogens with one attached hydrogen (secondary N) is 1. The summed E-state index contributed by atoms with van der Waals surface area (Å²) in [4.78, 5) is 0.173. The van der Waals surface area contributed by atoms with Crippen molar-refractivity contribution >= 4 is 10.0 Å². The first-order valence-electron chi connectivity index (χ1n) is 7.40. The second-order valence-corrected chi connectivity index (χ2v) is 7.23. The second-order valence-electron chi connectivity index (χ2n) is 5.46. The standard InChI is InChI=1S/C14H24N2O4S/c1-16-10-14(9-12(16)11-17)21(18,19)15-7-8-20-13-5-3-2-4-6-13/h9-10,13,15,17H,2-8,11H2,1H3. The van der Waals surface area contributed by atoms with Crippen LogP contribution < -0.4 is 4.72 Å². The molecule has 0 amide bonds. The molecule has 1 heterocycles. The number of rotatable bonds is 7. The van der Waals surface area contributed by atoms with Gasteiger partial charge in [0.25, 0.3) is 0 Å². The number of aliphatic hydroxyl groups excluding tert-OH is 1. The van der Waals surface area contributed by atoms with E-state index in [-0.39, 0.29) is 24.2 Å². The zero-order valence-corrected chi connectivity index (χ0v) is 13.2. The largest absolute Gasteiger partial charge is 0.390 e. The number of hydrogen-bond acceptors (Lipinski definition) is 4. The number of sulfonamides is 1. The molecular formula is C14H24N2O4S. The van der Waals surface area contributed by atoms with E-state index < -0.39 is 10.0 Å². The zero-order chi connectivity index (χ0) is 15.3. The van der Waals surface area contributed by atoms with E-state index in [0.29, 0.717) is 12.3 Å². The van der Waals surface area contributed by atoms with Crippen molar-refractivity contribution in [2.24, 2.45) is 7.05 Å². The van der Waals surface area contributed by atoms with Crippen molar-refractivity contribution in [3.8, 4) is 0 Å². The normalized spacial score (nSPS) is 17.2. The fourth-order valence-corrected chi connectivity index (χ4v) is 3.70. The SMILES string of the molecule is Cn1cc(S(=O)(=O)NCCOC2CCCCC2)cc1CO. The van der Waals surface area contributed by atoms with Gasteiger partial charge in [0.05, 0.1) is 24.2 Å². The Morgan fingerprint density at radius 1 is 1.38 bits per heavy atom. The Morgan fingerprint density at radius 2 is 2.10 bits per heavy atom. The molecule has 6 nitrogen and oxygen atoms in total. The van der Waals surface area contributed by atoms with Gasteiger partial charge in [0.2, 0.25) is 10.0 Å². The molecule has 1 aliphatic rings. The molecule has 0 saturated heterocycles. The topological polar surface area (TPSA) is 80.6 Å². The number of aryl methyl sites for hydroxylation is 1. The van der Waals surface area contributed by atoms with Crippen LogP contribution in [0.15, 0.2) is 17.2 Å². The van der Waals surface area contributed by atoms with E-state index in [2.05, 4.69) is 4.72 Å². The van der Waals surface area contributed by atoms with Crippen molar-refractivity contribution in [2.75, 3.05) is 13.2 Å². The molecule has 0 atom stereocenters. The smallest absolute Gasteiger partial charge is 0.242 e. The summed E-state index contributed by atoms with van der Waals surface area (Å²) >= 11 is 0. The summed E-state index contributed by atoms with van der Waals surface area (Å²) in [5.41, 5.74) is 0.564. The monoisotopic (exact) mass is 316 g/mol. The van der Waals surface area contributed by atoms with E-state index >= 15 is 0 Å². The summed E-state index contributed by atoms with van der Waals surface area (Å²) in [5.74, 6) is 0. The molecule has 1 aliphatic carbocycles. The molecular weight excluding hydrogens is 292 g/mol. The van der Waals surface area contributed by atoms with Gasteiger partial charge in [-0.05, 0) is 18.9 Å². The van der Waals surface area contributed by atoms with Gasteiger partial charge in [-0.25, -0.2) is 13.1 Å². The van der Waals surface area contributed by atoms with Crippen LogP contribution in [0.1, 0.15) is 37.8 Å². The third-order valence-electron chi connectivity index (χ3n) is 3.85. The van der Waals surface area contributed by atoms with Crippen molar-refractivity contribution in [1.29, 1.82) is 0 Å². The van der Waals surface area contributed by atoms with Crippen LogP contribution in [0.25, 0.3) is 0 Å². The fourth-order valence-electron chi connectivity index (χ4n) is 2.60. The molecule has 0 bridgehead atoms. The fraction of sp³-hybridized carbons (Fsp3) is 0.714. The lowest BCUT2D eigenvalue weighted by molar-refractivity contribution is 0.0321. The van der Waals surface area contributed by atoms with E-state index in [0.717, 1.165) is 12.8 Å². The Morgan fingerprint density at radius 3 is 2.71 bits per heavy atom. The van der Waals surface area contributed by atoms with Crippen LogP contribution >= 0.6 is 0 Å². The number of hydrogen-bond donors (Lipinski definition) is 2. The highest BCUT2D eigenvalue weighted by Gasteiger charge is 2.18. The number of aliphatic hydroxyl groups is 1. The van der Waals surface area contributed by atoms with Crippen molar-refractivity contribution in [2.45, 2.75) is 49.7 Å². The van der Waals surface area contributed by atoms with Crippen molar-refractivity contribution in [3.63, 3.8) is 0 Å². The van der Waals surface area contributed by atoms with Gasteiger partial charge in [-0.2, -0.15) is 0 Å². The first kappa shape index (κ1) is 16.5. The molecule has 7 heteroatoms. The summed E-state index contributed by atoms with van der Waals surface area (Å²) in [6.07, 6.45) is 7.59. The molecule has 0 radical (unpaired) electrons. The maximum Gasteiger partial charge on any atom is 0.242 e. The molecule has 2 rings (SSSR count). The van der Waals surface area contributed by atoms with Crippen molar-refractivity contribution in [1.82, 2.24) is 9.29 Å². The minimum Gasteiger partial charge on any atom is -0.390 e. The summed E-state index contributed by atoms with van der Waals surface area (Å²) in [7, 11) is -1.83. The first-order chi connectivity index (χ1) is 10.0. The highest BCUT2D eigenvalue weighted by molar-refractivity contribution is 7.89. The molecule has 1 fully saturated rings. The maximum absolute atomic E-state index is 12.1. The van der Waals surface area contributed by atoms with Crippen LogP contribution in [-0.2, 0) is 28.4 Å². The van der Waals surface area contributed by atoms with Gasteiger partial charge in [-0.1, -0.05) is 19.3 Å². The average Bonchev–Trinajstić information content (AvgIpc) is 2.87. The lowest BCUT2D eigenvalue weighted by Gasteiger charge is -2.21. The van der Waals surface area contributed by atoms with Crippen molar-refractivity contribution < 1.29 is 18.3 Å². The molecule has 0 aromatic carbocycles. The van der Waals surface area contributed by atoms with E-state index in [1.54, 1.807) is 11.6 Å². The number of ether oxygens (including phenoxy) is 1.